The Kier molecular flexibility index (Phi) is 6.09. The van der Waals surface area contributed by atoms with Gasteiger partial charge in [0.25, 0.3) is 0 Å². The first-order valence-electron chi connectivity index (χ1n) is 11.9. The lowest BCUT2D eigenvalue weighted by Crippen LogP contribution is -2.42. The number of nitrogens with zero attached hydrogens (tertiary/aromatic N) is 3. The summed E-state index contributed by atoms with van der Waals surface area (Å²) in [7, 11) is 3.96. The SMILES string of the molecule is Cc1nc(N[C@H]2CC[C@@H](NC(=O)C3c4ccccc4Oc4ccccc43)CC2)cc(N(C)C)n1. The summed E-state index contributed by atoms with van der Waals surface area (Å²) in [6.45, 7) is 1.91. The number of aromatic nitrogens is 2. The quantitative estimate of drug-likeness (QED) is 0.582. The third-order valence-electron chi connectivity index (χ3n) is 6.65. The molecule has 7 heteroatoms. The number of para-hydroxylation sites is 2. The Balaban J connectivity index is 1.24. The maximum Gasteiger partial charge on any atom is 0.232 e. The number of aryl methyl sites for hydroxylation is 1. The molecule has 0 saturated heterocycles. The van der Waals surface area contributed by atoms with Gasteiger partial charge in [-0.05, 0) is 44.7 Å². The number of ether oxygens (including phenoxy) is 1. The lowest BCUT2D eigenvalue weighted by atomic mass is 9.86. The highest BCUT2D eigenvalue weighted by molar-refractivity contribution is 5.89. The summed E-state index contributed by atoms with van der Waals surface area (Å²) in [6, 6.07) is 18.1. The van der Waals surface area contributed by atoms with E-state index in [0.717, 1.165) is 65.8 Å². The van der Waals surface area contributed by atoms with Crippen LogP contribution in [-0.2, 0) is 4.79 Å². The summed E-state index contributed by atoms with van der Waals surface area (Å²) >= 11 is 0. The van der Waals surface area contributed by atoms with Gasteiger partial charge in [0.2, 0.25) is 5.91 Å². The van der Waals surface area contributed by atoms with Gasteiger partial charge in [0, 0.05) is 43.4 Å². The summed E-state index contributed by atoms with van der Waals surface area (Å²) in [4.78, 5) is 24.5. The number of hydrogen-bond acceptors (Lipinski definition) is 6. The normalized spacial score (nSPS) is 19.4. The van der Waals surface area contributed by atoms with Crippen LogP contribution in [0.3, 0.4) is 0 Å². The van der Waals surface area contributed by atoms with E-state index in [4.69, 9.17) is 4.74 Å². The molecule has 1 aliphatic carbocycles. The van der Waals surface area contributed by atoms with Gasteiger partial charge in [-0.15, -0.1) is 0 Å². The number of amides is 1. The van der Waals surface area contributed by atoms with Crippen LogP contribution < -0.4 is 20.3 Å². The summed E-state index contributed by atoms with van der Waals surface area (Å²) in [5.41, 5.74) is 1.84. The minimum Gasteiger partial charge on any atom is -0.457 e. The fraction of sp³-hybridized carbons (Fsp3) is 0.370. The largest absolute Gasteiger partial charge is 0.457 e. The molecule has 0 atom stereocenters. The van der Waals surface area contributed by atoms with Crippen LogP contribution >= 0.6 is 0 Å². The summed E-state index contributed by atoms with van der Waals surface area (Å²) in [6.07, 6.45) is 3.82. The minimum atomic E-state index is -0.356. The number of nitrogens with one attached hydrogen (secondary N) is 2. The average Bonchev–Trinajstić information content (AvgIpc) is 2.83. The third-order valence-corrected chi connectivity index (χ3v) is 6.65. The average molecular weight is 458 g/mol. The molecule has 0 radical (unpaired) electrons. The Morgan fingerprint density at radius 2 is 1.50 bits per heavy atom. The molecule has 1 amide bonds. The maximum absolute atomic E-state index is 13.5. The second-order valence-electron chi connectivity index (χ2n) is 9.37. The van der Waals surface area contributed by atoms with Gasteiger partial charge in [0.15, 0.2) is 0 Å². The predicted molar refractivity (Wildman–Crippen MR) is 134 cm³/mol. The molecule has 3 aromatic rings. The Hall–Kier alpha value is -3.61. The van der Waals surface area contributed by atoms with Crippen molar-refractivity contribution >= 4 is 17.5 Å². The van der Waals surface area contributed by atoms with Crippen molar-refractivity contribution in [1.29, 1.82) is 0 Å². The second-order valence-corrected chi connectivity index (χ2v) is 9.37. The van der Waals surface area contributed by atoms with E-state index < -0.39 is 0 Å². The first-order chi connectivity index (χ1) is 16.5. The van der Waals surface area contributed by atoms with Crippen LogP contribution in [0.15, 0.2) is 54.6 Å². The van der Waals surface area contributed by atoms with Crippen LogP contribution in [0.1, 0.15) is 48.6 Å². The van der Waals surface area contributed by atoms with Crippen molar-refractivity contribution in [2.45, 2.75) is 50.6 Å². The van der Waals surface area contributed by atoms with E-state index in [0.29, 0.717) is 6.04 Å². The number of carbonyl (C=O) groups is 1. The molecular formula is C27H31N5O2. The molecule has 1 aliphatic heterocycles. The van der Waals surface area contributed by atoms with Crippen molar-refractivity contribution in [2.24, 2.45) is 0 Å². The highest BCUT2D eigenvalue weighted by Crippen LogP contribution is 2.44. The topological polar surface area (TPSA) is 79.4 Å². The van der Waals surface area contributed by atoms with Crippen molar-refractivity contribution in [1.82, 2.24) is 15.3 Å². The zero-order chi connectivity index (χ0) is 23.7. The summed E-state index contributed by atoms with van der Waals surface area (Å²) in [5.74, 6) is 3.71. The van der Waals surface area contributed by atoms with Gasteiger partial charge in [0.1, 0.15) is 29.0 Å². The van der Waals surface area contributed by atoms with Crippen LogP contribution in [0.5, 0.6) is 11.5 Å². The van der Waals surface area contributed by atoms with Gasteiger partial charge in [-0.2, -0.15) is 0 Å². The van der Waals surface area contributed by atoms with Crippen LogP contribution in [-0.4, -0.2) is 42.1 Å². The number of anilines is 2. The molecule has 7 nitrogen and oxygen atoms in total. The van der Waals surface area contributed by atoms with Crippen LogP contribution in [0.25, 0.3) is 0 Å². The third kappa shape index (κ3) is 4.55. The van der Waals surface area contributed by atoms with Crippen molar-refractivity contribution < 1.29 is 9.53 Å². The highest BCUT2D eigenvalue weighted by Gasteiger charge is 2.34. The van der Waals surface area contributed by atoms with E-state index in [9.17, 15) is 4.79 Å². The molecule has 0 unspecified atom stereocenters. The highest BCUT2D eigenvalue weighted by atomic mass is 16.5. The Morgan fingerprint density at radius 3 is 2.12 bits per heavy atom. The number of benzene rings is 2. The van der Waals surface area contributed by atoms with Crippen molar-refractivity contribution in [2.75, 3.05) is 24.3 Å². The van der Waals surface area contributed by atoms with Crippen LogP contribution in [0.4, 0.5) is 11.6 Å². The molecule has 0 bridgehead atoms. The molecular weight excluding hydrogens is 426 g/mol. The zero-order valence-electron chi connectivity index (χ0n) is 19.9. The molecule has 2 aliphatic rings. The minimum absolute atomic E-state index is 0.0432. The second kappa shape index (κ2) is 9.33. The molecule has 5 rings (SSSR count). The van der Waals surface area contributed by atoms with E-state index in [-0.39, 0.29) is 17.9 Å². The van der Waals surface area contributed by atoms with Gasteiger partial charge in [-0.25, -0.2) is 9.97 Å². The number of carbonyl (C=O) groups excluding carboxylic acids is 1. The van der Waals surface area contributed by atoms with Crippen LogP contribution in [0, 0.1) is 6.92 Å². The molecule has 0 spiro atoms. The monoisotopic (exact) mass is 457 g/mol. The standard InChI is InChI=1S/C27H31N5O2/c1-17-28-24(16-25(29-17)32(2)3)30-18-12-14-19(15-13-18)31-27(33)26-20-8-4-6-10-22(20)34-23-11-7-5-9-21(23)26/h4-11,16,18-19,26H,12-15H2,1-3H3,(H,31,33)(H,28,29,30)/t18-,19+. The number of hydrogen-bond donors (Lipinski definition) is 2. The van der Waals surface area contributed by atoms with Crippen molar-refractivity contribution in [3.8, 4) is 11.5 Å². The van der Waals surface area contributed by atoms with Crippen molar-refractivity contribution in [3.63, 3.8) is 0 Å². The maximum atomic E-state index is 13.5. The molecule has 176 valence electrons. The van der Waals surface area contributed by atoms with E-state index in [1.165, 1.54) is 0 Å². The smallest absolute Gasteiger partial charge is 0.232 e. The first-order valence-corrected chi connectivity index (χ1v) is 11.9. The Morgan fingerprint density at radius 1 is 0.912 bits per heavy atom. The van der Waals surface area contributed by atoms with Gasteiger partial charge in [-0.1, -0.05) is 36.4 Å². The number of rotatable bonds is 5. The zero-order valence-corrected chi connectivity index (χ0v) is 19.9. The fourth-order valence-corrected chi connectivity index (χ4v) is 4.92. The molecule has 1 fully saturated rings. The van der Waals surface area contributed by atoms with Gasteiger partial charge in [0.05, 0.1) is 5.92 Å². The Labute approximate surface area is 200 Å². The van der Waals surface area contributed by atoms with E-state index >= 15 is 0 Å². The molecule has 1 saturated carbocycles. The van der Waals surface area contributed by atoms with Crippen LogP contribution in [0.2, 0.25) is 0 Å². The summed E-state index contributed by atoms with van der Waals surface area (Å²) in [5, 5.41) is 6.91. The van der Waals surface area contributed by atoms with Gasteiger partial charge in [-0.3, -0.25) is 4.79 Å². The summed E-state index contributed by atoms with van der Waals surface area (Å²) < 4.78 is 6.05. The van der Waals surface area contributed by atoms with Gasteiger partial charge < -0.3 is 20.3 Å². The van der Waals surface area contributed by atoms with E-state index in [1.54, 1.807) is 0 Å². The van der Waals surface area contributed by atoms with Gasteiger partial charge >= 0.3 is 0 Å². The molecule has 2 heterocycles. The lowest BCUT2D eigenvalue weighted by Gasteiger charge is -2.32. The predicted octanol–water partition coefficient (Wildman–Crippen LogP) is 4.63. The number of fused-ring (bicyclic) bond motifs is 2. The fourth-order valence-electron chi connectivity index (χ4n) is 4.92. The Bertz CT molecular complexity index is 1140. The molecule has 2 N–H and O–H groups in total. The van der Waals surface area contributed by atoms with E-state index in [1.807, 2.05) is 80.5 Å². The molecule has 2 aromatic carbocycles. The molecule has 1 aromatic heterocycles. The van der Waals surface area contributed by atoms with Crippen molar-refractivity contribution in [3.05, 3.63) is 71.5 Å². The first kappa shape index (κ1) is 22.2. The lowest BCUT2D eigenvalue weighted by molar-refractivity contribution is -0.122. The van der Waals surface area contributed by atoms with E-state index in [2.05, 4.69) is 20.6 Å². The molecule has 34 heavy (non-hydrogen) atoms.